The molecule has 4 nitrogen and oxygen atoms in total. The number of carbonyl (C=O) groups is 1. The van der Waals surface area contributed by atoms with E-state index in [1.54, 1.807) is 67.0 Å². The average molecular weight is 407 g/mol. The van der Waals surface area contributed by atoms with Crippen LogP contribution in [0, 0.1) is 5.82 Å². The number of ketones is 1. The molecule has 0 spiro atoms. The molecule has 0 fully saturated rings. The molecular weight excluding hydrogens is 391 g/mol. The summed E-state index contributed by atoms with van der Waals surface area (Å²) in [5.41, 5.74) is 2.62. The lowest BCUT2D eigenvalue weighted by atomic mass is 10.0. The summed E-state index contributed by atoms with van der Waals surface area (Å²) in [6.45, 7) is 0. The van der Waals surface area contributed by atoms with Crippen LogP contribution < -0.4 is 4.74 Å². The highest BCUT2D eigenvalue weighted by atomic mass is 35.5. The molecule has 0 amide bonds. The van der Waals surface area contributed by atoms with Crippen molar-refractivity contribution in [3.63, 3.8) is 0 Å². The van der Waals surface area contributed by atoms with Crippen molar-refractivity contribution in [2.24, 2.45) is 0 Å². The minimum Gasteiger partial charge on any atom is -0.457 e. The highest BCUT2D eigenvalue weighted by molar-refractivity contribution is 6.30. The first-order valence-electron chi connectivity index (χ1n) is 9.00. The highest BCUT2D eigenvalue weighted by Crippen LogP contribution is 2.26. The second kappa shape index (κ2) is 8.37. The molecule has 144 valence electrons. The number of Topliss-reactive ketones (excluding diaryl/α,β-unsaturated/α-hetero) is 1. The van der Waals surface area contributed by atoms with Crippen molar-refractivity contribution < 1.29 is 13.9 Å². The lowest BCUT2D eigenvalue weighted by molar-refractivity contribution is -0.117. The van der Waals surface area contributed by atoms with Crippen LogP contribution in [0.3, 0.4) is 0 Å². The highest BCUT2D eigenvalue weighted by Gasteiger charge is 2.11. The molecule has 0 saturated heterocycles. The number of halogens is 2. The van der Waals surface area contributed by atoms with Gasteiger partial charge in [0.2, 0.25) is 0 Å². The standard InChI is InChI=1S/C23H16ClFN2O2/c24-17-4-1-15(2-5-17)11-18(28)12-16-3-6-19(13-21(16)25)29-20-7-8-22-23(14-20)27-10-9-26-22/h1-10,13-14H,11-12H2. The van der Waals surface area contributed by atoms with Gasteiger partial charge in [-0.15, -0.1) is 0 Å². The summed E-state index contributed by atoms with van der Waals surface area (Å²) in [4.78, 5) is 20.7. The first-order valence-corrected chi connectivity index (χ1v) is 9.38. The first kappa shape index (κ1) is 19.0. The van der Waals surface area contributed by atoms with Crippen LogP contribution in [0.5, 0.6) is 11.5 Å². The number of carbonyl (C=O) groups excluding carboxylic acids is 1. The van der Waals surface area contributed by atoms with Gasteiger partial charge >= 0.3 is 0 Å². The maximum absolute atomic E-state index is 14.5. The van der Waals surface area contributed by atoms with E-state index >= 15 is 0 Å². The third kappa shape index (κ3) is 4.76. The van der Waals surface area contributed by atoms with Gasteiger partial charge in [0.25, 0.3) is 0 Å². The zero-order valence-corrected chi connectivity index (χ0v) is 16.1. The van der Waals surface area contributed by atoms with Gasteiger partial charge in [-0.3, -0.25) is 14.8 Å². The van der Waals surface area contributed by atoms with Crippen molar-refractivity contribution in [3.05, 3.63) is 95.0 Å². The Balaban J connectivity index is 1.44. The van der Waals surface area contributed by atoms with E-state index < -0.39 is 5.82 Å². The summed E-state index contributed by atoms with van der Waals surface area (Å²) in [6.07, 6.45) is 3.46. The Morgan fingerprint density at radius 2 is 1.55 bits per heavy atom. The molecule has 0 atom stereocenters. The Morgan fingerprint density at radius 3 is 2.31 bits per heavy atom. The van der Waals surface area contributed by atoms with Crippen molar-refractivity contribution in [1.82, 2.24) is 9.97 Å². The number of fused-ring (bicyclic) bond motifs is 1. The molecule has 1 aromatic heterocycles. The lowest BCUT2D eigenvalue weighted by Crippen LogP contribution is -2.08. The van der Waals surface area contributed by atoms with Crippen molar-refractivity contribution >= 4 is 28.4 Å². The summed E-state index contributed by atoms with van der Waals surface area (Å²) in [5.74, 6) is 0.323. The number of nitrogens with zero attached hydrogens (tertiary/aromatic N) is 2. The number of ether oxygens (including phenoxy) is 1. The summed E-state index contributed by atoms with van der Waals surface area (Å²) in [5, 5.41) is 0.612. The van der Waals surface area contributed by atoms with Crippen molar-refractivity contribution in [3.8, 4) is 11.5 Å². The topological polar surface area (TPSA) is 52.1 Å². The van der Waals surface area contributed by atoms with Crippen LogP contribution in [0.1, 0.15) is 11.1 Å². The molecule has 0 aliphatic carbocycles. The molecule has 0 saturated carbocycles. The fourth-order valence-electron chi connectivity index (χ4n) is 2.98. The fraction of sp³-hybridized carbons (Fsp3) is 0.0870. The zero-order chi connectivity index (χ0) is 20.2. The van der Waals surface area contributed by atoms with Crippen LogP contribution in [0.2, 0.25) is 5.02 Å². The van der Waals surface area contributed by atoms with Gasteiger partial charge in [0.1, 0.15) is 23.1 Å². The van der Waals surface area contributed by atoms with E-state index in [4.69, 9.17) is 16.3 Å². The Hall–Kier alpha value is -3.31. The largest absolute Gasteiger partial charge is 0.457 e. The van der Waals surface area contributed by atoms with Crippen molar-refractivity contribution in [2.75, 3.05) is 0 Å². The SMILES string of the molecule is O=C(Cc1ccc(Cl)cc1)Cc1ccc(Oc2ccc3nccnc3c2)cc1F. The Bertz CT molecular complexity index is 1180. The van der Waals surface area contributed by atoms with Gasteiger partial charge in [-0.05, 0) is 41.5 Å². The van der Waals surface area contributed by atoms with E-state index in [0.717, 1.165) is 11.1 Å². The van der Waals surface area contributed by atoms with Gasteiger partial charge in [-0.1, -0.05) is 29.8 Å². The molecule has 29 heavy (non-hydrogen) atoms. The predicted molar refractivity (Wildman–Crippen MR) is 110 cm³/mol. The van der Waals surface area contributed by atoms with Gasteiger partial charge in [-0.25, -0.2) is 4.39 Å². The number of hydrogen-bond acceptors (Lipinski definition) is 4. The van der Waals surface area contributed by atoms with Gasteiger partial charge < -0.3 is 4.74 Å². The number of aromatic nitrogens is 2. The molecule has 4 rings (SSSR count). The number of rotatable bonds is 6. The van der Waals surface area contributed by atoms with E-state index in [0.29, 0.717) is 27.6 Å². The van der Waals surface area contributed by atoms with E-state index in [2.05, 4.69) is 9.97 Å². The number of benzene rings is 3. The maximum Gasteiger partial charge on any atom is 0.141 e. The Morgan fingerprint density at radius 1 is 0.862 bits per heavy atom. The van der Waals surface area contributed by atoms with Crippen LogP contribution in [-0.2, 0) is 17.6 Å². The summed E-state index contributed by atoms with van der Waals surface area (Å²) in [6, 6.07) is 16.8. The van der Waals surface area contributed by atoms with E-state index in [1.807, 2.05) is 0 Å². The van der Waals surface area contributed by atoms with Gasteiger partial charge in [0.05, 0.1) is 11.0 Å². The Labute approximate surface area is 172 Å². The van der Waals surface area contributed by atoms with Crippen LogP contribution in [0.25, 0.3) is 11.0 Å². The van der Waals surface area contributed by atoms with Crippen LogP contribution in [-0.4, -0.2) is 15.8 Å². The second-order valence-corrected chi connectivity index (χ2v) is 7.02. The molecule has 1 heterocycles. The zero-order valence-electron chi connectivity index (χ0n) is 15.3. The molecule has 0 N–H and O–H groups in total. The molecule has 0 aliphatic heterocycles. The van der Waals surface area contributed by atoms with E-state index in [9.17, 15) is 9.18 Å². The summed E-state index contributed by atoms with van der Waals surface area (Å²) >= 11 is 5.85. The van der Waals surface area contributed by atoms with Crippen molar-refractivity contribution in [1.29, 1.82) is 0 Å². The second-order valence-electron chi connectivity index (χ2n) is 6.58. The first-order chi connectivity index (χ1) is 14.1. The average Bonchev–Trinajstić information content (AvgIpc) is 2.72. The minimum absolute atomic E-state index is 0.0142. The summed E-state index contributed by atoms with van der Waals surface area (Å²) in [7, 11) is 0. The molecule has 0 aliphatic rings. The van der Waals surface area contributed by atoms with Crippen LogP contribution in [0.4, 0.5) is 4.39 Å². The van der Waals surface area contributed by atoms with Gasteiger partial charge in [0.15, 0.2) is 0 Å². The smallest absolute Gasteiger partial charge is 0.141 e. The molecule has 4 aromatic rings. The number of hydrogen-bond donors (Lipinski definition) is 0. The molecule has 6 heteroatoms. The predicted octanol–water partition coefficient (Wildman–Crippen LogP) is 5.57. The quantitative estimate of drug-likeness (QED) is 0.420. The lowest BCUT2D eigenvalue weighted by Gasteiger charge is -2.09. The summed E-state index contributed by atoms with van der Waals surface area (Å²) < 4.78 is 20.2. The third-order valence-corrected chi connectivity index (χ3v) is 4.66. The molecule has 3 aromatic carbocycles. The molecule has 0 unspecified atom stereocenters. The van der Waals surface area contributed by atoms with Crippen LogP contribution in [0.15, 0.2) is 73.1 Å². The molecular formula is C23H16ClFN2O2. The van der Waals surface area contributed by atoms with Gasteiger partial charge in [0, 0.05) is 42.4 Å². The van der Waals surface area contributed by atoms with Crippen molar-refractivity contribution in [2.45, 2.75) is 12.8 Å². The van der Waals surface area contributed by atoms with Crippen LogP contribution >= 0.6 is 11.6 Å². The van der Waals surface area contributed by atoms with Gasteiger partial charge in [-0.2, -0.15) is 0 Å². The monoisotopic (exact) mass is 406 g/mol. The molecule has 0 bridgehead atoms. The third-order valence-electron chi connectivity index (χ3n) is 4.40. The molecule has 0 radical (unpaired) electrons. The fourth-order valence-corrected chi connectivity index (χ4v) is 3.11. The normalized spacial score (nSPS) is 10.8. The van der Waals surface area contributed by atoms with E-state index in [-0.39, 0.29) is 18.6 Å². The Kier molecular flexibility index (Phi) is 5.49. The van der Waals surface area contributed by atoms with E-state index in [1.165, 1.54) is 6.07 Å². The minimum atomic E-state index is -0.479. The maximum atomic E-state index is 14.5.